The van der Waals surface area contributed by atoms with Crippen LogP contribution in [0.1, 0.15) is 33.6 Å². The summed E-state index contributed by atoms with van der Waals surface area (Å²) < 4.78 is 10.9. The molecule has 2 heteroatoms. The van der Waals surface area contributed by atoms with Crippen LogP contribution in [0.15, 0.2) is 109 Å². The molecule has 0 bridgehead atoms. The Morgan fingerprint density at radius 3 is 1.93 bits per heavy atom. The van der Waals surface area contributed by atoms with E-state index >= 15 is 0 Å². The fraction of sp³-hybridized carbons (Fsp3) is 0.308. The third-order valence-electron chi connectivity index (χ3n) is 4.11. The molecule has 0 aromatic heterocycles. The normalized spacial score (nSPS) is 12.0. The van der Waals surface area contributed by atoms with E-state index in [1.165, 1.54) is 0 Å². The first-order valence-corrected chi connectivity index (χ1v) is 9.50. The highest BCUT2D eigenvalue weighted by Gasteiger charge is 2.09. The molecule has 0 atom stereocenters. The topological polar surface area (TPSA) is 18.5 Å². The maximum Gasteiger partial charge on any atom is 0.122 e. The lowest BCUT2D eigenvalue weighted by Crippen LogP contribution is -2.04. The van der Waals surface area contributed by atoms with Gasteiger partial charge in [-0.1, -0.05) is 77.1 Å². The van der Waals surface area contributed by atoms with Crippen molar-refractivity contribution in [1.29, 1.82) is 0 Å². The van der Waals surface area contributed by atoms with Gasteiger partial charge in [-0.2, -0.15) is 0 Å². The van der Waals surface area contributed by atoms with Gasteiger partial charge in [-0.05, 0) is 59.3 Å². The van der Waals surface area contributed by atoms with E-state index in [1.54, 1.807) is 7.11 Å². The second kappa shape index (κ2) is 13.6. The van der Waals surface area contributed by atoms with Crippen molar-refractivity contribution in [2.45, 2.75) is 33.6 Å². The van der Waals surface area contributed by atoms with E-state index in [2.05, 4.69) is 46.4 Å². The second-order valence-electron chi connectivity index (χ2n) is 6.56. The van der Waals surface area contributed by atoms with E-state index in [-0.39, 0.29) is 0 Å². The Hall–Kier alpha value is -2.58. The van der Waals surface area contributed by atoms with Crippen molar-refractivity contribution < 1.29 is 9.47 Å². The van der Waals surface area contributed by atoms with Crippen LogP contribution in [0.3, 0.4) is 0 Å². The lowest BCUT2D eigenvalue weighted by atomic mass is 9.94. The molecule has 0 N–H and O–H groups in total. The summed E-state index contributed by atoms with van der Waals surface area (Å²) in [6.45, 7) is 31.5. The van der Waals surface area contributed by atoms with Crippen molar-refractivity contribution >= 4 is 0 Å². The maximum atomic E-state index is 5.81. The largest absolute Gasteiger partial charge is 0.491 e. The highest BCUT2D eigenvalue weighted by molar-refractivity contribution is 5.55. The molecule has 0 fully saturated rings. The molecule has 0 aromatic carbocycles. The van der Waals surface area contributed by atoms with Crippen LogP contribution >= 0.6 is 0 Å². The van der Waals surface area contributed by atoms with Crippen molar-refractivity contribution in [2.75, 3.05) is 20.3 Å². The van der Waals surface area contributed by atoms with Gasteiger partial charge in [0.2, 0.25) is 0 Å². The lowest BCUT2D eigenvalue weighted by molar-refractivity contribution is 0.112. The minimum atomic E-state index is 0.462. The SMILES string of the molecule is C=C(C)/C=C\C(=C)C(=C)/C=C(/CC)C(=C)C(=C)/C=C(/OCCOC)C(=C)CC. The van der Waals surface area contributed by atoms with Crippen molar-refractivity contribution in [3.05, 3.63) is 109 Å². The molecule has 152 valence electrons. The Balaban J connectivity index is 5.47. The number of ether oxygens (including phenoxy) is 2. The minimum absolute atomic E-state index is 0.462. The van der Waals surface area contributed by atoms with Crippen molar-refractivity contribution in [1.82, 2.24) is 0 Å². The van der Waals surface area contributed by atoms with Gasteiger partial charge in [0.25, 0.3) is 0 Å². The maximum absolute atomic E-state index is 5.81. The molecule has 0 saturated carbocycles. The summed E-state index contributed by atoms with van der Waals surface area (Å²) in [6, 6.07) is 0. The van der Waals surface area contributed by atoms with E-state index in [0.29, 0.717) is 19.0 Å². The van der Waals surface area contributed by atoms with Gasteiger partial charge in [-0.25, -0.2) is 0 Å². The molecule has 0 saturated heterocycles. The molecule has 0 rings (SSSR count). The Morgan fingerprint density at radius 2 is 1.43 bits per heavy atom. The summed E-state index contributed by atoms with van der Waals surface area (Å²) in [5.41, 5.74) is 6.23. The van der Waals surface area contributed by atoms with Gasteiger partial charge in [0.1, 0.15) is 12.4 Å². The Labute approximate surface area is 172 Å². The van der Waals surface area contributed by atoms with Crippen LogP contribution in [-0.4, -0.2) is 20.3 Å². The predicted molar refractivity (Wildman–Crippen MR) is 124 cm³/mol. The molecule has 0 aliphatic rings. The van der Waals surface area contributed by atoms with Gasteiger partial charge in [0.15, 0.2) is 0 Å². The minimum Gasteiger partial charge on any atom is -0.491 e. The summed E-state index contributed by atoms with van der Waals surface area (Å²) >= 11 is 0. The smallest absolute Gasteiger partial charge is 0.122 e. The molecule has 0 aromatic rings. The predicted octanol–water partition coefficient (Wildman–Crippen LogP) is 7.19. The third-order valence-corrected chi connectivity index (χ3v) is 4.11. The summed E-state index contributed by atoms with van der Waals surface area (Å²) in [4.78, 5) is 0. The van der Waals surface area contributed by atoms with E-state index in [4.69, 9.17) is 9.47 Å². The molecule has 0 aliphatic heterocycles. The van der Waals surface area contributed by atoms with Crippen LogP contribution in [-0.2, 0) is 9.47 Å². The number of hydrogen-bond donors (Lipinski definition) is 0. The molecule has 0 aliphatic carbocycles. The monoisotopic (exact) mass is 380 g/mol. The first-order chi connectivity index (χ1) is 13.2. The van der Waals surface area contributed by atoms with Crippen molar-refractivity contribution in [3.63, 3.8) is 0 Å². The second-order valence-corrected chi connectivity index (χ2v) is 6.56. The van der Waals surface area contributed by atoms with Crippen LogP contribution in [0.5, 0.6) is 0 Å². The molecule has 2 nitrogen and oxygen atoms in total. The molecule has 28 heavy (non-hydrogen) atoms. The average molecular weight is 381 g/mol. The van der Waals surface area contributed by atoms with Gasteiger partial charge in [0.05, 0.1) is 6.61 Å². The number of methoxy groups -OCH3 is 1. The Kier molecular flexibility index (Phi) is 12.3. The highest BCUT2D eigenvalue weighted by atomic mass is 16.5. The third kappa shape index (κ3) is 9.38. The van der Waals surface area contributed by atoms with Crippen LogP contribution < -0.4 is 0 Å². The van der Waals surface area contributed by atoms with Crippen LogP contribution in [0, 0.1) is 0 Å². The fourth-order valence-electron chi connectivity index (χ4n) is 2.16. The van der Waals surface area contributed by atoms with Crippen molar-refractivity contribution in [2.24, 2.45) is 0 Å². The van der Waals surface area contributed by atoms with Crippen LogP contribution in [0.25, 0.3) is 0 Å². The first-order valence-electron chi connectivity index (χ1n) is 9.50. The summed E-state index contributed by atoms with van der Waals surface area (Å²) in [5.74, 6) is 0.716. The number of rotatable bonds is 14. The zero-order valence-corrected chi connectivity index (χ0v) is 18.2. The Bertz CT molecular complexity index is 724. The van der Waals surface area contributed by atoms with Gasteiger partial charge in [0, 0.05) is 7.11 Å². The summed E-state index contributed by atoms with van der Waals surface area (Å²) in [5, 5.41) is 0. The van der Waals surface area contributed by atoms with E-state index in [0.717, 1.165) is 51.9 Å². The Morgan fingerprint density at radius 1 is 0.786 bits per heavy atom. The van der Waals surface area contributed by atoms with Gasteiger partial charge in [-0.15, -0.1) is 0 Å². The number of allylic oxidation sites excluding steroid dienone is 11. The van der Waals surface area contributed by atoms with Crippen molar-refractivity contribution in [3.8, 4) is 0 Å². The van der Waals surface area contributed by atoms with E-state index < -0.39 is 0 Å². The van der Waals surface area contributed by atoms with Crippen LogP contribution in [0.2, 0.25) is 0 Å². The molecule has 0 amide bonds. The fourth-order valence-corrected chi connectivity index (χ4v) is 2.16. The summed E-state index contributed by atoms with van der Waals surface area (Å²) in [6.07, 6.45) is 9.33. The quantitative estimate of drug-likeness (QED) is 0.180. The van der Waals surface area contributed by atoms with Crippen LogP contribution in [0.4, 0.5) is 0 Å². The molecule has 0 unspecified atom stereocenters. The van der Waals surface area contributed by atoms with E-state index in [9.17, 15) is 0 Å². The lowest BCUT2D eigenvalue weighted by Gasteiger charge is -2.15. The zero-order valence-electron chi connectivity index (χ0n) is 18.2. The molecule has 0 heterocycles. The standard InChI is InChI=1S/C26H36O2/c1-11-20(5)26(28-16-15-27-10)18-23(8)24(9)25(12-2)17-22(7)21(6)14-13-19(3)4/h13-14,17-18H,3,5-9,11-12,15-16H2,1-2,4,10H3/b14-13-,25-17-,26-18+. The molecular formula is C26H36O2. The van der Waals surface area contributed by atoms with Gasteiger partial charge < -0.3 is 9.47 Å². The van der Waals surface area contributed by atoms with Gasteiger partial charge in [-0.3, -0.25) is 0 Å². The highest BCUT2D eigenvalue weighted by Crippen LogP contribution is 2.26. The summed E-state index contributed by atoms with van der Waals surface area (Å²) in [7, 11) is 1.65. The molecular weight excluding hydrogens is 344 g/mol. The number of hydrogen-bond acceptors (Lipinski definition) is 2. The van der Waals surface area contributed by atoms with Gasteiger partial charge >= 0.3 is 0 Å². The molecule has 0 radical (unpaired) electrons. The van der Waals surface area contributed by atoms with E-state index in [1.807, 2.05) is 38.2 Å². The first kappa shape index (κ1) is 25.4. The molecule has 0 spiro atoms. The average Bonchev–Trinajstić information content (AvgIpc) is 2.67. The zero-order chi connectivity index (χ0) is 21.7.